The zero-order valence-electron chi connectivity index (χ0n) is 7.34. The summed E-state index contributed by atoms with van der Waals surface area (Å²) in [5.41, 5.74) is 0.756. The molecule has 1 aromatic rings. The Morgan fingerprint density at radius 1 is 1.36 bits per heavy atom. The molecule has 1 nitrogen and oxygen atoms in total. The van der Waals surface area contributed by atoms with Crippen LogP contribution in [0.15, 0.2) is 36.9 Å². The molecule has 0 saturated carbocycles. The Kier molecular flexibility index (Phi) is 3.93. The SMILES string of the molecule is C=CC(=O)C=Cc1ccc(Cl)cc1Cl. The van der Waals surface area contributed by atoms with Crippen LogP contribution in [0.3, 0.4) is 0 Å². The molecule has 14 heavy (non-hydrogen) atoms. The third kappa shape index (κ3) is 3.02. The molecule has 0 aliphatic rings. The van der Waals surface area contributed by atoms with Crippen molar-refractivity contribution in [3.63, 3.8) is 0 Å². The van der Waals surface area contributed by atoms with Crippen LogP contribution in [-0.2, 0) is 4.79 Å². The largest absolute Gasteiger partial charge is 0.290 e. The fraction of sp³-hybridized carbons (Fsp3) is 0. The summed E-state index contributed by atoms with van der Waals surface area (Å²) in [6.45, 7) is 3.35. The van der Waals surface area contributed by atoms with Crippen molar-refractivity contribution in [2.75, 3.05) is 0 Å². The van der Waals surface area contributed by atoms with E-state index in [1.165, 1.54) is 12.2 Å². The van der Waals surface area contributed by atoms with Crippen molar-refractivity contribution in [1.82, 2.24) is 0 Å². The molecule has 0 aliphatic carbocycles. The van der Waals surface area contributed by atoms with Crippen molar-refractivity contribution in [1.29, 1.82) is 0 Å². The van der Waals surface area contributed by atoms with Crippen LogP contribution in [0.5, 0.6) is 0 Å². The number of allylic oxidation sites excluding steroid dienone is 2. The minimum absolute atomic E-state index is 0.156. The molecule has 0 aromatic heterocycles. The minimum Gasteiger partial charge on any atom is -0.290 e. The van der Waals surface area contributed by atoms with Crippen LogP contribution >= 0.6 is 23.2 Å². The van der Waals surface area contributed by atoms with Crippen LogP contribution in [0.1, 0.15) is 5.56 Å². The van der Waals surface area contributed by atoms with Crippen molar-refractivity contribution in [3.8, 4) is 0 Å². The Hall–Kier alpha value is -1.05. The molecule has 0 spiro atoms. The van der Waals surface area contributed by atoms with Crippen LogP contribution in [0.4, 0.5) is 0 Å². The van der Waals surface area contributed by atoms with Gasteiger partial charge in [0.15, 0.2) is 5.78 Å². The summed E-state index contributed by atoms with van der Waals surface area (Å²) < 4.78 is 0. The molecule has 0 unspecified atom stereocenters. The first-order valence-electron chi connectivity index (χ1n) is 3.93. The topological polar surface area (TPSA) is 17.1 Å². The lowest BCUT2D eigenvalue weighted by Gasteiger charge is -1.97. The maximum Gasteiger partial charge on any atom is 0.178 e. The summed E-state index contributed by atoms with van der Waals surface area (Å²) in [4.78, 5) is 10.9. The smallest absolute Gasteiger partial charge is 0.178 e. The first-order valence-corrected chi connectivity index (χ1v) is 4.68. The first kappa shape index (κ1) is 11.0. The van der Waals surface area contributed by atoms with E-state index in [1.54, 1.807) is 24.3 Å². The Bertz CT molecular complexity index is 394. The number of carbonyl (C=O) groups excluding carboxylic acids is 1. The highest BCUT2D eigenvalue weighted by molar-refractivity contribution is 6.35. The summed E-state index contributed by atoms with van der Waals surface area (Å²) in [6.07, 6.45) is 4.27. The summed E-state index contributed by atoms with van der Waals surface area (Å²) in [7, 11) is 0. The standard InChI is InChI=1S/C11H8Cl2O/c1-2-10(14)6-4-8-3-5-9(12)7-11(8)13/h2-7H,1H2. The molecule has 0 radical (unpaired) electrons. The van der Waals surface area contributed by atoms with E-state index in [0.717, 1.165) is 5.56 Å². The number of halogens is 2. The summed E-state index contributed by atoms with van der Waals surface area (Å²) in [5.74, 6) is -0.156. The Balaban J connectivity index is 2.92. The predicted molar refractivity (Wildman–Crippen MR) is 60.7 cm³/mol. The molecule has 72 valence electrons. The number of benzene rings is 1. The van der Waals surface area contributed by atoms with Crippen molar-refractivity contribution in [3.05, 3.63) is 52.5 Å². The van der Waals surface area contributed by atoms with Crippen LogP contribution < -0.4 is 0 Å². The van der Waals surface area contributed by atoms with Crippen LogP contribution in [0, 0.1) is 0 Å². The summed E-state index contributed by atoms with van der Waals surface area (Å²) in [5, 5.41) is 1.09. The van der Waals surface area contributed by atoms with Crippen molar-refractivity contribution < 1.29 is 4.79 Å². The predicted octanol–water partition coefficient (Wildman–Crippen LogP) is 3.76. The monoisotopic (exact) mass is 226 g/mol. The highest BCUT2D eigenvalue weighted by Gasteiger charge is 1.97. The number of rotatable bonds is 3. The molecule has 1 rings (SSSR count). The van der Waals surface area contributed by atoms with Gasteiger partial charge < -0.3 is 0 Å². The highest BCUT2D eigenvalue weighted by atomic mass is 35.5. The van der Waals surface area contributed by atoms with E-state index < -0.39 is 0 Å². The van der Waals surface area contributed by atoms with E-state index >= 15 is 0 Å². The van der Waals surface area contributed by atoms with E-state index in [1.807, 2.05) is 0 Å². The van der Waals surface area contributed by atoms with Gasteiger partial charge in [0.2, 0.25) is 0 Å². The molecule has 0 fully saturated rings. The average Bonchev–Trinajstić information content (AvgIpc) is 2.16. The van der Waals surface area contributed by atoms with Crippen molar-refractivity contribution in [2.24, 2.45) is 0 Å². The summed E-state index contributed by atoms with van der Waals surface area (Å²) in [6, 6.07) is 5.09. The lowest BCUT2D eigenvalue weighted by atomic mass is 10.2. The van der Waals surface area contributed by atoms with E-state index in [-0.39, 0.29) is 5.78 Å². The molecule has 0 N–H and O–H groups in total. The van der Waals surface area contributed by atoms with Gasteiger partial charge in [-0.15, -0.1) is 0 Å². The van der Waals surface area contributed by atoms with Gasteiger partial charge in [0, 0.05) is 10.0 Å². The molecule has 0 amide bonds. The Morgan fingerprint density at radius 3 is 2.64 bits per heavy atom. The average molecular weight is 227 g/mol. The van der Waals surface area contributed by atoms with E-state index in [9.17, 15) is 4.79 Å². The second kappa shape index (κ2) is 4.99. The molecule has 0 aliphatic heterocycles. The number of hydrogen-bond donors (Lipinski definition) is 0. The zero-order chi connectivity index (χ0) is 10.6. The van der Waals surface area contributed by atoms with Gasteiger partial charge in [0.05, 0.1) is 0 Å². The second-order valence-electron chi connectivity index (χ2n) is 2.61. The van der Waals surface area contributed by atoms with Gasteiger partial charge in [-0.05, 0) is 35.9 Å². The fourth-order valence-electron chi connectivity index (χ4n) is 0.877. The first-order chi connectivity index (χ1) is 6.63. The molecule has 0 atom stereocenters. The van der Waals surface area contributed by atoms with Crippen molar-refractivity contribution >= 4 is 35.1 Å². The van der Waals surface area contributed by atoms with Crippen LogP contribution in [-0.4, -0.2) is 5.78 Å². The van der Waals surface area contributed by atoms with Crippen molar-refractivity contribution in [2.45, 2.75) is 0 Å². The maximum absolute atomic E-state index is 10.9. The fourth-order valence-corrected chi connectivity index (χ4v) is 1.35. The molecule has 0 heterocycles. The number of carbonyl (C=O) groups is 1. The summed E-state index contributed by atoms with van der Waals surface area (Å²) >= 11 is 11.6. The van der Waals surface area contributed by atoms with E-state index in [0.29, 0.717) is 10.0 Å². The molecular formula is C11H8Cl2O. The lowest BCUT2D eigenvalue weighted by Crippen LogP contribution is -1.83. The highest BCUT2D eigenvalue weighted by Crippen LogP contribution is 2.21. The van der Waals surface area contributed by atoms with Crippen LogP contribution in [0.25, 0.3) is 6.08 Å². The van der Waals surface area contributed by atoms with Gasteiger partial charge >= 0.3 is 0 Å². The van der Waals surface area contributed by atoms with Gasteiger partial charge in [-0.3, -0.25) is 4.79 Å². The lowest BCUT2D eigenvalue weighted by molar-refractivity contribution is -0.110. The third-order valence-corrected chi connectivity index (χ3v) is 2.15. The number of ketones is 1. The van der Waals surface area contributed by atoms with E-state index in [4.69, 9.17) is 23.2 Å². The second-order valence-corrected chi connectivity index (χ2v) is 3.45. The molecule has 0 bridgehead atoms. The van der Waals surface area contributed by atoms with Gasteiger partial charge in [-0.2, -0.15) is 0 Å². The molecule has 0 saturated heterocycles. The molecule has 3 heteroatoms. The van der Waals surface area contributed by atoms with E-state index in [2.05, 4.69) is 6.58 Å². The van der Waals surface area contributed by atoms with Crippen LogP contribution in [0.2, 0.25) is 10.0 Å². The number of hydrogen-bond acceptors (Lipinski definition) is 1. The quantitative estimate of drug-likeness (QED) is 0.718. The molecule has 1 aromatic carbocycles. The van der Waals surface area contributed by atoms with Gasteiger partial charge in [-0.1, -0.05) is 35.8 Å². The molecular weight excluding hydrogens is 219 g/mol. The Labute approximate surface area is 92.6 Å². The van der Waals surface area contributed by atoms with Gasteiger partial charge in [0.1, 0.15) is 0 Å². The van der Waals surface area contributed by atoms with Gasteiger partial charge in [-0.25, -0.2) is 0 Å². The maximum atomic E-state index is 10.9. The third-order valence-electron chi connectivity index (χ3n) is 1.59. The Morgan fingerprint density at radius 2 is 2.07 bits per heavy atom. The zero-order valence-corrected chi connectivity index (χ0v) is 8.85. The normalized spacial score (nSPS) is 10.4. The van der Waals surface area contributed by atoms with Gasteiger partial charge in [0.25, 0.3) is 0 Å². The minimum atomic E-state index is -0.156.